The summed E-state index contributed by atoms with van der Waals surface area (Å²) in [6.45, 7) is 2.70. The van der Waals surface area contributed by atoms with Crippen LogP contribution in [0.4, 0.5) is 5.69 Å². The highest BCUT2D eigenvalue weighted by molar-refractivity contribution is 9.10. The standard InChI is InChI=1S/C12H17BrN2O/c1-9-4-5-10(13)11(8-9)14-7-6-12(16)15(2)3/h4-5,8,14H,6-7H2,1-3H3. The monoisotopic (exact) mass is 284 g/mol. The molecule has 0 bridgehead atoms. The van der Waals surface area contributed by atoms with Crippen LogP contribution in [-0.2, 0) is 4.79 Å². The van der Waals surface area contributed by atoms with Crippen molar-refractivity contribution in [2.45, 2.75) is 13.3 Å². The van der Waals surface area contributed by atoms with Gasteiger partial charge in [-0.3, -0.25) is 4.79 Å². The Morgan fingerprint density at radius 3 is 2.75 bits per heavy atom. The van der Waals surface area contributed by atoms with Gasteiger partial charge in [-0.05, 0) is 40.5 Å². The number of carbonyl (C=O) groups is 1. The minimum absolute atomic E-state index is 0.135. The normalized spacial score (nSPS) is 10.0. The maximum atomic E-state index is 11.4. The number of amides is 1. The first-order valence-electron chi connectivity index (χ1n) is 5.21. The Morgan fingerprint density at radius 2 is 2.12 bits per heavy atom. The van der Waals surface area contributed by atoms with Crippen molar-refractivity contribution in [2.24, 2.45) is 0 Å². The Labute approximate surface area is 105 Å². The molecule has 0 radical (unpaired) electrons. The van der Waals surface area contributed by atoms with Crippen molar-refractivity contribution in [2.75, 3.05) is 26.0 Å². The van der Waals surface area contributed by atoms with Crippen molar-refractivity contribution in [1.82, 2.24) is 4.90 Å². The zero-order valence-electron chi connectivity index (χ0n) is 9.88. The molecular formula is C12H17BrN2O. The lowest BCUT2D eigenvalue weighted by atomic mass is 10.2. The van der Waals surface area contributed by atoms with Crippen molar-refractivity contribution < 1.29 is 4.79 Å². The first-order chi connectivity index (χ1) is 7.50. The second-order valence-corrected chi connectivity index (χ2v) is 4.80. The number of carbonyl (C=O) groups excluding carboxylic acids is 1. The van der Waals surface area contributed by atoms with E-state index in [0.717, 1.165) is 10.2 Å². The highest BCUT2D eigenvalue weighted by Crippen LogP contribution is 2.23. The molecular weight excluding hydrogens is 268 g/mol. The lowest BCUT2D eigenvalue weighted by molar-refractivity contribution is -0.128. The summed E-state index contributed by atoms with van der Waals surface area (Å²) in [7, 11) is 3.54. The minimum Gasteiger partial charge on any atom is -0.384 e. The zero-order chi connectivity index (χ0) is 12.1. The largest absolute Gasteiger partial charge is 0.384 e. The first kappa shape index (κ1) is 13.0. The molecule has 0 saturated heterocycles. The number of hydrogen-bond donors (Lipinski definition) is 1. The van der Waals surface area contributed by atoms with Crippen LogP contribution in [0.2, 0.25) is 0 Å². The summed E-state index contributed by atoms with van der Waals surface area (Å²) in [5.74, 6) is 0.135. The molecule has 0 aliphatic rings. The summed E-state index contributed by atoms with van der Waals surface area (Å²) in [6, 6.07) is 6.11. The molecule has 4 heteroatoms. The number of anilines is 1. The van der Waals surface area contributed by atoms with Crippen LogP contribution < -0.4 is 5.32 Å². The number of nitrogens with zero attached hydrogens (tertiary/aromatic N) is 1. The number of aryl methyl sites for hydroxylation is 1. The van der Waals surface area contributed by atoms with E-state index in [4.69, 9.17) is 0 Å². The SMILES string of the molecule is Cc1ccc(Br)c(NCCC(=O)N(C)C)c1. The molecule has 0 aromatic heterocycles. The third kappa shape index (κ3) is 3.85. The molecule has 3 nitrogen and oxygen atoms in total. The number of nitrogens with one attached hydrogen (secondary N) is 1. The lowest BCUT2D eigenvalue weighted by Crippen LogP contribution is -2.23. The minimum atomic E-state index is 0.135. The van der Waals surface area contributed by atoms with Gasteiger partial charge < -0.3 is 10.2 Å². The average Bonchev–Trinajstić information content (AvgIpc) is 2.22. The molecule has 0 heterocycles. The summed E-state index contributed by atoms with van der Waals surface area (Å²) in [6.07, 6.45) is 0.507. The summed E-state index contributed by atoms with van der Waals surface area (Å²) in [5, 5.41) is 3.25. The van der Waals surface area contributed by atoms with E-state index in [2.05, 4.69) is 27.3 Å². The van der Waals surface area contributed by atoms with E-state index in [-0.39, 0.29) is 5.91 Å². The topological polar surface area (TPSA) is 32.3 Å². The van der Waals surface area contributed by atoms with Gasteiger partial charge in [0, 0.05) is 37.2 Å². The molecule has 0 aliphatic heterocycles. The fourth-order valence-electron chi connectivity index (χ4n) is 1.30. The van der Waals surface area contributed by atoms with Crippen molar-refractivity contribution in [3.8, 4) is 0 Å². The van der Waals surface area contributed by atoms with Gasteiger partial charge in [0.05, 0.1) is 0 Å². The van der Waals surface area contributed by atoms with Gasteiger partial charge in [0.15, 0.2) is 0 Å². The molecule has 0 unspecified atom stereocenters. The molecule has 0 fully saturated rings. The van der Waals surface area contributed by atoms with Crippen molar-refractivity contribution in [1.29, 1.82) is 0 Å². The average molecular weight is 285 g/mol. The first-order valence-corrected chi connectivity index (χ1v) is 6.00. The van der Waals surface area contributed by atoms with Crippen LogP contribution in [0.15, 0.2) is 22.7 Å². The predicted octanol–water partition coefficient (Wildman–Crippen LogP) is 2.65. The fourth-order valence-corrected chi connectivity index (χ4v) is 1.69. The lowest BCUT2D eigenvalue weighted by Gasteiger charge is -2.12. The molecule has 1 N–H and O–H groups in total. The van der Waals surface area contributed by atoms with Gasteiger partial charge in [-0.15, -0.1) is 0 Å². The molecule has 0 atom stereocenters. The van der Waals surface area contributed by atoms with Crippen molar-refractivity contribution in [3.05, 3.63) is 28.2 Å². The molecule has 1 rings (SSSR count). The number of rotatable bonds is 4. The van der Waals surface area contributed by atoms with Crippen LogP contribution in [0.5, 0.6) is 0 Å². The molecule has 16 heavy (non-hydrogen) atoms. The molecule has 1 aromatic carbocycles. The second-order valence-electron chi connectivity index (χ2n) is 3.95. The van der Waals surface area contributed by atoms with E-state index >= 15 is 0 Å². The molecule has 1 amide bonds. The van der Waals surface area contributed by atoms with E-state index in [1.54, 1.807) is 19.0 Å². The molecule has 0 aliphatic carbocycles. The van der Waals surface area contributed by atoms with Gasteiger partial charge in [0.1, 0.15) is 0 Å². The van der Waals surface area contributed by atoms with E-state index in [1.165, 1.54) is 5.56 Å². The Hall–Kier alpha value is -1.03. The van der Waals surface area contributed by atoms with Crippen LogP contribution in [0.3, 0.4) is 0 Å². The van der Waals surface area contributed by atoms with Crippen LogP contribution in [0, 0.1) is 6.92 Å². The van der Waals surface area contributed by atoms with Crippen LogP contribution >= 0.6 is 15.9 Å². The zero-order valence-corrected chi connectivity index (χ0v) is 11.5. The number of benzene rings is 1. The van der Waals surface area contributed by atoms with Gasteiger partial charge in [-0.1, -0.05) is 6.07 Å². The third-order valence-corrected chi connectivity index (χ3v) is 2.97. The third-order valence-electron chi connectivity index (χ3n) is 2.27. The van der Waals surface area contributed by atoms with Crippen molar-refractivity contribution in [3.63, 3.8) is 0 Å². The Bertz CT molecular complexity index is 377. The second kappa shape index (κ2) is 5.89. The van der Waals surface area contributed by atoms with Gasteiger partial charge in [0.25, 0.3) is 0 Å². The predicted molar refractivity (Wildman–Crippen MR) is 70.7 cm³/mol. The summed E-state index contributed by atoms with van der Waals surface area (Å²) in [4.78, 5) is 13.0. The maximum Gasteiger partial charge on any atom is 0.223 e. The van der Waals surface area contributed by atoms with Gasteiger partial charge in [-0.25, -0.2) is 0 Å². The van der Waals surface area contributed by atoms with E-state index in [9.17, 15) is 4.79 Å². The van der Waals surface area contributed by atoms with E-state index in [1.807, 2.05) is 19.1 Å². The Kier molecular flexibility index (Phi) is 4.80. The van der Waals surface area contributed by atoms with Crippen LogP contribution in [0.25, 0.3) is 0 Å². The summed E-state index contributed by atoms with van der Waals surface area (Å²) < 4.78 is 1.02. The molecule has 0 spiro atoms. The molecule has 88 valence electrons. The molecule has 0 saturated carbocycles. The molecule has 1 aromatic rings. The fraction of sp³-hybridized carbons (Fsp3) is 0.417. The van der Waals surface area contributed by atoms with Crippen LogP contribution in [0.1, 0.15) is 12.0 Å². The highest BCUT2D eigenvalue weighted by Gasteiger charge is 2.04. The van der Waals surface area contributed by atoms with Gasteiger partial charge in [-0.2, -0.15) is 0 Å². The van der Waals surface area contributed by atoms with E-state index in [0.29, 0.717) is 13.0 Å². The summed E-state index contributed by atoms with van der Waals surface area (Å²) >= 11 is 3.47. The van der Waals surface area contributed by atoms with E-state index < -0.39 is 0 Å². The van der Waals surface area contributed by atoms with Gasteiger partial charge >= 0.3 is 0 Å². The maximum absolute atomic E-state index is 11.4. The Morgan fingerprint density at radius 1 is 1.44 bits per heavy atom. The smallest absolute Gasteiger partial charge is 0.223 e. The quantitative estimate of drug-likeness (QED) is 0.922. The number of hydrogen-bond acceptors (Lipinski definition) is 2. The highest BCUT2D eigenvalue weighted by atomic mass is 79.9. The van der Waals surface area contributed by atoms with Crippen molar-refractivity contribution >= 4 is 27.5 Å². The Balaban J connectivity index is 2.49. The number of halogens is 1. The van der Waals surface area contributed by atoms with Gasteiger partial charge in [0.2, 0.25) is 5.91 Å². The summed E-state index contributed by atoms with van der Waals surface area (Å²) in [5.41, 5.74) is 2.23. The van der Waals surface area contributed by atoms with Crippen LogP contribution in [-0.4, -0.2) is 31.4 Å².